The summed E-state index contributed by atoms with van der Waals surface area (Å²) in [6.45, 7) is -0.379. The number of hydrogen-bond donors (Lipinski definition) is 1. The minimum Gasteiger partial charge on any atom is -0.456 e. The fourth-order valence-electron chi connectivity index (χ4n) is 4.01. The van der Waals surface area contributed by atoms with Crippen LogP contribution in [-0.4, -0.2) is 23.4 Å². The predicted molar refractivity (Wildman–Crippen MR) is 102 cm³/mol. The molecule has 3 atom stereocenters. The molecule has 7 nitrogen and oxygen atoms in total. The van der Waals surface area contributed by atoms with Crippen molar-refractivity contribution in [1.29, 1.82) is 0 Å². The molecule has 0 aromatic heterocycles. The topological polar surface area (TPSA) is 98.5 Å². The van der Waals surface area contributed by atoms with Gasteiger partial charge in [-0.25, -0.2) is 0 Å². The van der Waals surface area contributed by atoms with Gasteiger partial charge in [-0.05, 0) is 68.9 Å². The van der Waals surface area contributed by atoms with Crippen molar-refractivity contribution in [1.82, 2.24) is 0 Å². The minimum absolute atomic E-state index is 0.112. The van der Waals surface area contributed by atoms with E-state index in [2.05, 4.69) is 37.2 Å². The highest BCUT2D eigenvalue weighted by Crippen LogP contribution is 2.49. The smallest absolute Gasteiger partial charge is 0.306 e. The molecule has 3 unspecified atom stereocenters. The molecule has 1 aromatic rings. The fourth-order valence-corrected chi connectivity index (χ4v) is 5.37. The van der Waals surface area contributed by atoms with E-state index < -0.39 is 10.8 Å². The summed E-state index contributed by atoms with van der Waals surface area (Å²) in [6.07, 6.45) is 5.16. The molecule has 0 spiro atoms. The highest BCUT2D eigenvalue weighted by Gasteiger charge is 2.40. The zero-order valence-corrected chi connectivity index (χ0v) is 17.0. The second-order valence-electron chi connectivity index (χ2n) is 6.89. The van der Waals surface area contributed by atoms with Crippen molar-refractivity contribution in [2.24, 2.45) is 17.8 Å². The maximum Gasteiger partial charge on any atom is 0.306 e. The molecule has 0 aliphatic heterocycles. The maximum atomic E-state index is 12.0. The Balaban J connectivity index is 1.49. The van der Waals surface area contributed by atoms with Crippen LogP contribution in [0.5, 0.6) is 0 Å². The van der Waals surface area contributed by atoms with Gasteiger partial charge in [0.2, 0.25) is 0 Å². The second-order valence-corrected chi connectivity index (χ2v) is 8.60. The summed E-state index contributed by atoms with van der Waals surface area (Å²) in [5, 5.41) is 13.4. The molecular weight excluding hydrogens is 472 g/mol. The van der Waals surface area contributed by atoms with Crippen LogP contribution in [0.15, 0.2) is 21.1 Å². The standard InChI is InChI=1S/C17H18Br2N2O5/c18-13-6-12(21(24)25)7-14(19)17(13)20-15(22)8-26-16(23)5-11-4-9-1-2-10(11)3-9/h6-7,9-11H,1-5,8H2,(H,20,22). The van der Waals surface area contributed by atoms with Crippen molar-refractivity contribution in [3.05, 3.63) is 31.2 Å². The fraction of sp³-hybridized carbons (Fsp3) is 0.529. The third-order valence-electron chi connectivity index (χ3n) is 5.18. The Morgan fingerprint density at radius 3 is 2.46 bits per heavy atom. The Labute approximate surface area is 167 Å². The molecule has 1 N–H and O–H groups in total. The largest absolute Gasteiger partial charge is 0.456 e. The Bertz CT molecular complexity index is 732. The molecular formula is C17H18Br2N2O5. The minimum atomic E-state index is -0.529. The number of carbonyl (C=O) groups excluding carboxylic acids is 2. The number of hydrogen-bond acceptors (Lipinski definition) is 5. The molecule has 9 heteroatoms. The van der Waals surface area contributed by atoms with Gasteiger partial charge in [0, 0.05) is 27.5 Å². The molecule has 26 heavy (non-hydrogen) atoms. The number of non-ortho nitro benzene ring substituents is 1. The van der Waals surface area contributed by atoms with Crippen LogP contribution in [-0.2, 0) is 14.3 Å². The summed E-state index contributed by atoms with van der Waals surface area (Å²) in [5.41, 5.74) is 0.240. The summed E-state index contributed by atoms with van der Waals surface area (Å²) >= 11 is 6.39. The number of fused-ring (bicyclic) bond motifs is 2. The number of nitro benzene ring substituents is 1. The van der Waals surface area contributed by atoms with Gasteiger partial charge in [-0.3, -0.25) is 19.7 Å². The number of anilines is 1. The van der Waals surface area contributed by atoms with Gasteiger partial charge in [0.15, 0.2) is 6.61 Å². The first-order valence-electron chi connectivity index (χ1n) is 8.42. The first kappa shape index (κ1) is 19.3. The van der Waals surface area contributed by atoms with Gasteiger partial charge in [0.05, 0.1) is 10.6 Å². The number of amides is 1. The monoisotopic (exact) mass is 488 g/mol. The molecule has 1 aromatic carbocycles. The van der Waals surface area contributed by atoms with Crippen molar-refractivity contribution >= 4 is 55.1 Å². The predicted octanol–water partition coefficient (Wildman–Crippen LogP) is 4.43. The summed E-state index contributed by atoms with van der Waals surface area (Å²) in [4.78, 5) is 34.3. The van der Waals surface area contributed by atoms with Gasteiger partial charge in [-0.1, -0.05) is 6.42 Å². The van der Waals surface area contributed by atoms with E-state index in [1.807, 2.05) is 0 Å². The maximum absolute atomic E-state index is 12.0. The van der Waals surface area contributed by atoms with Crippen molar-refractivity contribution in [3.8, 4) is 0 Å². The van der Waals surface area contributed by atoms with E-state index in [4.69, 9.17) is 4.74 Å². The van der Waals surface area contributed by atoms with E-state index in [1.165, 1.54) is 31.4 Å². The molecule has 2 aliphatic rings. The molecule has 2 bridgehead atoms. The number of nitrogens with zero attached hydrogens (tertiary/aromatic N) is 1. The quantitative estimate of drug-likeness (QED) is 0.362. The van der Waals surface area contributed by atoms with Gasteiger partial charge >= 0.3 is 5.97 Å². The number of carbonyl (C=O) groups is 2. The molecule has 140 valence electrons. The Kier molecular flexibility index (Phi) is 5.96. The van der Waals surface area contributed by atoms with Gasteiger partial charge in [-0.2, -0.15) is 0 Å². The Hall–Kier alpha value is -1.48. The van der Waals surface area contributed by atoms with Gasteiger partial charge in [-0.15, -0.1) is 0 Å². The van der Waals surface area contributed by atoms with E-state index in [0.717, 1.165) is 12.3 Å². The van der Waals surface area contributed by atoms with E-state index in [0.29, 0.717) is 32.9 Å². The summed E-state index contributed by atoms with van der Waals surface area (Å²) in [6, 6.07) is 2.59. The molecule has 3 rings (SSSR count). The normalized spacial score (nSPS) is 23.7. The Morgan fingerprint density at radius 1 is 1.23 bits per heavy atom. The van der Waals surface area contributed by atoms with Crippen molar-refractivity contribution in [3.63, 3.8) is 0 Å². The SMILES string of the molecule is O=C(COC(=O)CC1CC2CCC1C2)Nc1c(Br)cc([N+](=O)[O-])cc1Br. The Morgan fingerprint density at radius 2 is 1.92 bits per heavy atom. The molecule has 0 radical (unpaired) electrons. The van der Waals surface area contributed by atoms with Crippen LogP contribution in [0.4, 0.5) is 11.4 Å². The van der Waals surface area contributed by atoms with E-state index in [9.17, 15) is 19.7 Å². The summed E-state index contributed by atoms with van der Waals surface area (Å²) < 4.78 is 5.82. The number of nitrogens with one attached hydrogen (secondary N) is 1. The first-order valence-corrected chi connectivity index (χ1v) is 10.0. The second kappa shape index (κ2) is 8.04. The van der Waals surface area contributed by atoms with Gasteiger partial charge < -0.3 is 10.1 Å². The average Bonchev–Trinajstić information content (AvgIpc) is 3.18. The van der Waals surface area contributed by atoms with Crippen LogP contribution >= 0.6 is 31.9 Å². The molecule has 1 amide bonds. The van der Waals surface area contributed by atoms with E-state index >= 15 is 0 Å². The van der Waals surface area contributed by atoms with Crippen LogP contribution in [0.1, 0.15) is 32.1 Å². The number of halogens is 2. The highest BCUT2D eigenvalue weighted by atomic mass is 79.9. The lowest BCUT2D eigenvalue weighted by Gasteiger charge is -2.20. The van der Waals surface area contributed by atoms with Crippen LogP contribution < -0.4 is 5.32 Å². The third-order valence-corrected chi connectivity index (χ3v) is 6.43. The summed E-state index contributed by atoms with van der Waals surface area (Å²) in [7, 11) is 0. The third kappa shape index (κ3) is 4.43. The van der Waals surface area contributed by atoms with E-state index in [1.54, 1.807) is 0 Å². The molecule has 2 aliphatic carbocycles. The average molecular weight is 490 g/mol. The lowest BCUT2D eigenvalue weighted by atomic mass is 9.86. The number of benzene rings is 1. The lowest BCUT2D eigenvalue weighted by Crippen LogP contribution is -2.23. The van der Waals surface area contributed by atoms with Crippen molar-refractivity contribution in [2.75, 3.05) is 11.9 Å². The first-order chi connectivity index (χ1) is 12.3. The molecule has 0 heterocycles. The summed E-state index contributed by atoms with van der Waals surface area (Å²) in [5.74, 6) is 0.940. The zero-order chi connectivity index (χ0) is 18.8. The van der Waals surface area contributed by atoms with Gasteiger partial charge in [0.25, 0.3) is 11.6 Å². The molecule has 2 fully saturated rings. The lowest BCUT2D eigenvalue weighted by molar-refractivity contribution is -0.385. The number of ether oxygens (including phenoxy) is 1. The van der Waals surface area contributed by atoms with E-state index in [-0.39, 0.29) is 18.3 Å². The molecule has 0 saturated heterocycles. The zero-order valence-electron chi connectivity index (χ0n) is 13.9. The van der Waals surface area contributed by atoms with Crippen LogP contribution in [0.3, 0.4) is 0 Å². The van der Waals surface area contributed by atoms with Crippen molar-refractivity contribution in [2.45, 2.75) is 32.1 Å². The van der Waals surface area contributed by atoms with Crippen LogP contribution in [0.25, 0.3) is 0 Å². The van der Waals surface area contributed by atoms with Crippen LogP contribution in [0, 0.1) is 27.9 Å². The molecule has 2 saturated carbocycles. The van der Waals surface area contributed by atoms with Crippen molar-refractivity contribution < 1.29 is 19.2 Å². The number of esters is 1. The van der Waals surface area contributed by atoms with Gasteiger partial charge in [0.1, 0.15) is 0 Å². The van der Waals surface area contributed by atoms with Crippen LogP contribution in [0.2, 0.25) is 0 Å². The highest BCUT2D eigenvalue weighted by molar-refractivity contribution is 9.11. The number of rotatable bonds is 6. The number of nitro groups is 1.